The number of aromatic nitrogens is 2. The van der Waals surface area contributed by atoms with Crippen molar-refractivity contribution in [2.75, 3.05) is 27.9 Å². The van der Waals surface area contributed by atoms with Gasteiger partial charge in [0.2, 0.25) is 5.75 Å². The minimum Gasteiger partial charge on any atom is -0.493 e. The summed E-state index contributed by atoms with van der Waals surface area (Å²) in [6.45, 7) is 3.81. The van der Waals surface area contributed by atoms with Crippen LogP contribution in [0.25, 0.3) is 11.0 Å². The lowest BCUT2D eigenvalue weighted by Gasteiger charge is -2.14. The second-order valence-corrected chi connectivity index (χ2v) is 9.77. The second-order valence-electron chi connectivity index (χ2n) is 9.77. The van der Waals surface area contributed by atoms with E-state index in [-0.39, 0.29) is 5.91 Å². The fraction of sp³-hybridized carbons (Fsp3) is 0.548. The fourth-order valence-electron chi connectivity index (χ4n) is 4.91. The highest BCUT2D eigenvalue weighted by molar-refractivity contribution is 5.95. The number of carbonyl (C=O) groups is 1. The number of rotatable bonds is 18. The van der Waals surface area contributed by atoms with Crippen LogP contribution in [0.1, 0.15) is 87.3 Å². The number of ether oxygens (including phenoxy) is 3. The number of benzene rings is 2. The lowest BCUT2D eigenvalue weighted by atomic mass is 10.1. The van der Waals surface area contributed by atoms with Crippen molar-refractivity contribution in [2.24, 2.45) is 0 Å². The average molecular weight is 524 g/mol. The largest absolute Gasteiger partial charge is 0.493 e. The molecule has 0 unspecified atom stereocenters. The molecule has 0 aliphatic rings. The maximum atomic E-state index is 12.8. The van der Waals surface area contributed by atoms with Crippen LogP contribution in [0.4, 0.5) is 0 Å². The maximum Gasteiger partial charge on any atom is 0.251 e. The molecule has 0 saturated carbocycles. The number of hydrogen-bond acceptors (Lipinski definition) is 5. The molecule has 0 atom stereocenters. The second kappa shape index (κ2) is 15.9. The summed E-state index contributed by atoms with van der Waals surface area (Å²) >= 11 is 0. The van der Waals surface area contributed by atoms with Gasteiger partial charge in [-0.25, -0.2) is 4.98 Å². The molecule has 3 aromatic rings. The van der Waals surface area contributed by atoms with Gasteiger partial charge in [-0.2, -0.15) is 0 Å². The zero-order valence-corrected chi connectivity index (χ0v) is 23.7. The highest BCUT2D eigenvalue weighted by Crippen LogP contribution is 2.38. The summed E-state index contributed by atoms with van der Waals surface area (Å²) in [5.41, 5.74) is 2.71. The van der Waals surface area contributed by atoms with Gasteiger partial charge in [-0.05, 0) is 37.1 Å². The Labute approximate surface area is 227 Å². The van der Waals surface area contributed by atoms with Gasteiger partial charge in [-0.15, -0.1) is 0 Å². The molecule has 0 saturated heterocycles. The summed E-state index contributed by atoms with van der Waals surface area (Å²) in [5, 5.41) is 3.02. The predicted molar refractivity (Wildman–Crippen MR) is 154 cm³/mol. The van der Waals surface area contributed by atoms with Gasteiger partial charge in [0.1, 0.15) is 5.82 Å². The fourth-order valence-corrected chi connectivity index (χ4v) is 4.91. The van der Waals surface area contributed by atoms with Gasteiger partial charge < -0.3 is 24.1 Å². The van der Waals surface area contributed by atoms with Gasteiger partial charge >= 0.3 is 0 Å². The van der Waals surface area contributed by atoms with E-state index in [1.807, 2.05) is 6.07 Å². The number of fused-ring (bicyclic) bond motifs is 1. The van der Waals surface area contributed by atoms with Crippen LogP contribution in [-0.2, 0) is 13.0 Å². The zero-order chi connectivity index (χ0) is 27.2. The summed E-state index contributed by atoms with van der Waals surface area (Å²) in [6, 6.07) is 11.7. The van der Waals surface area contributed by atoms with Crippen molar-refractivity contribution < 1.29 is 19.0 Å². The third-order valence-corrected chi connectivity index (χ3v) is 7.01. The summed E-state index contributed by atoms with van der Waals surface area (Å²) < 4.78 is 18.5. The first kappa shape index (κ1) is 29.3. The quantitative estimate of drug-likeness (QED) is 0.183. The first-order chi connectivity index (χ1) is 18.6. The Hall–Kier alpha value is -3.22. The van der Waals surface area contributed by atoms with Crippen LogP contribution < -0.4 is 19.5 Å². The summed E-state index contributed by atoms with van der Waals surface area (Å²) in [7, 11) is 4.63. The molecule has 0 spiro atoms. The number of para-hydroxylation sites is 2. The van der Waals surface area contributed by atoms with Crippen molar-refractivity contribution >= 4 is 16.9 Å². The SMILES string of the molecule is CCCCCCCCCCCn1c(CCCNC(=O)c2cc(OC)c(OC)c(OC)c2)nc2ccccc21. The number of nitrogens with one attached hydrogen (secondary N) is 1. The summed E-state index contributed by atoms with van der Waals surface area (Å²) in [4.78, 5) is 17.7. The van der Waals surface area contributed by atoms with Gasteiger partial charge in [-0.1, -0.05) is 70.4 Å². The van der Waals surface area contributed by atoms with Crippen LogP contribution in [0.5, 0.6) is 17.2 Å². The van der Waals surface area contributed by atoms with Crippen molar-refractivity contribution in [2.45, 2.75) is 84.1 Å². The topological polar surface area (TPSA) is 74.6 Å². The lowest BCUT2D eigenvalue weighted by molar-refractivity contribution is 0.0952. The molecule has 0 fully saturated rings. The van der Waals surface area contributed by atoms with Crippen molar-refractivity contribution in [1.82, 2.24) is 14.9 Å². The number of amides is 1. The molecule has 7 nitrogen and oxygen atoms in total. The molecule has 1 N–H and O–H groups in total. The van der Waals surface area contributed by atoms with Crippen molar-refractivity contribution in [3.63, 3.8) is 0 Å². The Morgan fingerprint density at radius 2 is 1.47 bits per heavy atom. The molecule has 0 bridgehead atoms. The van der Waals surface area contributed by atoms with Gasteiger partial charge in [0, 0.05) is 25.1 Å². The van der Waals surface area contributed by atoms with Gasteiger partial charge in [0.15, 0.2) is 11.5 Å². The minimum atomic E-state index is -0.174. The van der Waals surface area contributed by atoms with Crippen molar-refractivity contribution in [1.29, 1.82) is 0 Å². The predicted octanol–water partition coefficient (Wildman–Crippen LogP) is 6.96. The van der Waals surface area contributed by atoms with E-state index in [2.05, 4.69) is 35.0 Å². The molecule has 0 radical (unpaired) electrons. The van der Waals surface area contributed by atoms with Crippen LogP contribution in [0.3, 0.4) is 0 Å². The van der Waals surface area contributed by atoms with Crippen molar-refractivity contribution in [3.05, 3.63) is 47.8 Å². The first-order valence-corrected chi connectivity index (χ1v) is 14.1. The molecule has 7 heteroatoms. The van der Waals surface area contributed by atoms with Crippen LogP contribution in [0.2, 0.25) is 0 Å². The Kier molecular flexibility index (Phi) is 12.3. The third kappa shape index (κ3) is 8.14. The average Bonchev–Trinajstić information content (AvgIpc) is 3.30. The number of carbonyl (C=O) groups excluding carboxylic acids is 1. The number of unbranched alkanes of at least 4 members (excludes halogenated alkanes) is 8. The van der Waals surface area contributed by atoms with Crippen LogP contribution in [-0.4, -0.2) is 43.3 Å². The number of hydrogen-bond donors (Lipinski definition) is 1. The molecular formula is C31H45N3O4. The smallest absolute Gasteiger partial charge is 0.251 e. The van der Waals surface area contributed by atoms with E-state index in [1.165, 1.54) is 63.3 Å². The Morgan fingerprint density at radius 3 is 2.11 bits per heavy atom. The third-order valence-electron chi connectivity index (χ3n) is 7.01. The molecule has 0 aliphatic heterocycles. The molecule has 2 aromatic carbocycles. The maximum absolute atomic E-state index is 12.8. The van der Waals surface area contributed by atoms with E-state index in [1.54, 1.807) is 33.5 Å². The van der Waals surface area contributed by atoms with Gasteiger partial charge in [-0.3, -0.25) is 4.79 Å². The molecule has 38 heavy (non-hydrogen) atoms. The molecule has 0 aliphatic carbocycles. The molecule has 1 heterocycles. The van der Waals surface area contributed by atoms with E-state index in [4.69, 9.17) is 19.2 Å². The number of imidazole rings is 1. The first-order valence-electron chi connectivity index (χ1n) is 14.1. The Morgan fingerprint density at radius 1 is 0.842 bits per heavy atom. The Bertz CT molecular complexity index is 1120. The van der Waals surface area contributed by atoms with Crippen molar-refractivity contribution in [3.8, 4) is 17.2 Å². The summed E-state index contributed by atoms with van der Waals surface area (Å²) in [5.74, 6) is 2.31. The number of aryl methyl sites for hydroxylation is 2. The van der Waals surface area contributed by atoms with Gasteiger partial charge in [0.05, 0.1) is 32.4 Å². The monoisotopic (exact) mass is 523 g/mol. The minimum absolute atomic E-state index is 0.174. The highest BCUT2D eigenvalue weighted by atomic mass is 16.5. The van der Waals surface area contributed by atoms with E-state index in [9.17, 15) is 4.79 Å². The van der Waals surface area contributed by atoms with E-state index < -0.39 is 0 Å². The molecular weight excluding hydrogens is 478 g/mol. The highest BCUT2D eigenvalue weighted by Gasteiger charge is 2.17. The summed E-state index contributed by atoms with van der Waals surface area (Å²) in [6.07, 6.45) is 13.5. The number of nitrogens with zero attached hydrogens (tertiary/aromatic N) is 2. The van der Waals surface area contributed by atoms with E-state index in [0.717, 1.165) is 30.7 Å². The molecule has 3 rings (SSSR count). The zero-order valence-electron chi connectivity index (χ0n) is 23.7. The van der Waals surface area contributed by atoms with Crippen LogP contribution >= 0.6 is 0 Å². The van der Waals surface area contributed by atoms with Crippen LogP contribution in [0, 0.1) is 0 Å². The normalized spacial score (nSPS) is 11.1. The lowest BCUT2D eigenvalue weighted by Crippen LogP contribution is -2.25. The molecule has 1 amide bonds. The Balaban J connectivity index is 1.51. The number of methoxy groups -OCH3 is 3. The standard InChI is InChI=1S/C31H45N3O4/c1-5-6-7-8-9-10-11-12-15-21-34-26-18-14-13-17-25(26)33-29(34)19-16-20-32-31(35)24-22-27(36-2)30(38-4)28(23-24)37-3/h13-14,17-18,22-23H,5-12,15-16,19-21H2,1-4H3,(H,32,35). The van der Waals surface area contributed by atoms with E-state index in [0.29, 0.717) is 29.4 Å². The molecule has 1 aromatic heterocycles. The van der Waals surface area contributed by atoms with Crippen LogP contribution in [0.15, 0.2) is 36.4 Å². The molecule has 208 valence electrons. The van der Waals surface area contributed by atoms with Gasteiger partial charge in [0.25, 0.3) is 5.91 Å². The van der Waals surface area contributed by atoms with E-state index >= 15 is 0 Å².